The molecule has 4 nitrogen and oxygen atoms in total. The molecule has 3 atom stereocenters. The van der Waals surface area contributed by atoms with Crippen molar-refractivity contribution in [3.05, 3.63) is 48.1 Å². The predicted octanol–water partition coefficient (Wildman–Crippen LogP) is 3.87. The number of hydrogen-bond acceptors (Lipinski definition) is 4. The average molecular weight is 334 g/mol. The van der Waals surface area contributed by atoms with E-state index >= 15 is 0 Å². The normalized spacial score (nSPS) is 24.4. The zero-order valence-electron chi connectivity index (χ0n) is 15.6. The molecule has 1 N–H and O–H groups in total. The van der Waals surface area contributed by atoms with Crippen molar-refractivity contribution in [2.24, 2.45) is 0 Å². The van der Waals surface area contributed by atoms with Crippen LogP contribution < -0.4 is 0 Å². The Morgan fingerprint density at radius 3 is 2.50 bits per heavy atom. The fourth-order valence-corrected chi connectivity index (χ4v) is 2.10. The molecule has 1 saturated heterocycles. The number of allylic oxidation sites excluding steroid dienone is 3. The average Bonchev–Trinajstić information content (AvgIpc) is 3.11. The number of ether oxygens (including phenoxy) is 2. The smallest absolute Gasteiger partial charge is 0.333 e. The van der Waals surface area contributed by atoms with Gasteiger partial charge in [-0.05, 0) is 53.2 Å². The molecule has 0 aromatic heterocycles. The van der Waals surface area contributed by atoms with Crippen molar-refractivity contribution in [1.82, 2.24) is 0 Å². The molecule has 4 heteroatoms. The van der Waals surface area contributed by atoms with Gasteiger partial charge >= 0.3 is 5.97 Å². The molecule has 134 valence electrons. The minimum absolute atomic E-state index is 0.0739. The summed E-state index contributed by atoms with van der Waals surface area (Å²) in [5.74, 6) is -0.323. The SMILES string of the molecule is C=CC(C)(O)/C=C/C=C(\C)C(CC1OC1(C)C)OC(=O)/C(C)=C\C. The Balaban J connectivity index is 2.86. The highest BCUT2D eigenvalue weighted by atomic mass is 16.6. The van der Waals surface area contributed by atoms with E-state index in [1.807, 2.05) is 33.8 Å². The van der Waals surface area contributed by atoms with Crippen LogP contribution in [0.5, 0.6) is 0 Å². The summed E-state index contributed by atoms with van der Waals surface area (Å²) in [6.07, 6.45) is 8.75. The first-order chi connectivity index (χ1) is 11.0. The molecule has 0 spiro atoms. The Morgan fingerprint density at radius 1 is 1.46 bits per heavy atom. The number of esters is 1. The summed E-state index contributed by atoms with van der Waals surface area (Å²) >= 11 is 0. The molecule has 1 rings (SSSR count). The van der Waals surface area contributed by atoms with E-state index in [4.69, 9.17) is 9.47 Å². The Kier molecular flexibility index (Phi) is 6.76. The molecule has 1 aliphatic heterocycles. The Morgan fingerprint density at radius 2 is 2.04 bits per heavy atom. The standard InChI is InChI=1S/C20H30O4/c1-8-14(3)18(21)23-16(13-17-19(5,6)24-17)15(4)11-10-12-20(7,22)9-2/h8-12,16-17,22H,2,13H2,1,3-7H3/b12-10+,14-8-,15-11+. The van der Waals surface area contributed by atoms with E-state index in [0.717, 1.165) is 5.57 Å². The van der Waals surface area contributed by atoms with Gasteiger partial charge in [0.25, 0.3) is 0 Å². The van der Waals surface area contributed by atoms with Crippen LogP contribution in [-0.2, 0) is 14.3 Å². The van der Waals surface area contributed by atoms with Crippen LogP contribution in [0.4, 0.5) is 0 Å². The van der Waals surface area contributed by atoms with Gasteiger partial charge in [0.1, 0.15) is 6.10 Å². The zero-order valence-corrected chi connectivity index (χ0v) is 15.6. The van der Waals surface area contributed by atoms with E-state index in [2.05, 4.69) is 6.58 Å². The lowest BCUT2D eigenvalue weighted by molar-refractivity contribution is -0.143. The van der Waals surface area contributed by atoms with Gasteiger partial charge < -0.3 is 14.6 Å². The fraction of sp³-hybridized carbons (Fsp3) is 0.550. The van der Waals surface area contributed by atoms with Gasteiger partial charge in [-0.2, -0.15) is 0 Å². The summed E-state index contributed by atoms with van der Waals surface area (Å²) < 4.78 is 11.3. The molecule has 24 heavy (non-hydrogen) atoms. The summed E-state index contributed by atoms with van der Waals surface area (Å²) in [6.45, 7) is 14.7. The molecule has 3 unspecified atom stereocenters. The topological polar surface area (TPSA) is 59.1 Å². The fourth-order valence-electron chi connectivity index (χ4n) is 2.10. The predicted molar refractivity (Wildman–Crippen MR) is 96.6 cm³/mol. The highest BCUT2D eigenvalue weighted by Gasteiger charge is 2.49. The first-order valence-electron chi connectivity index (χ1n) is 8.26. The molecular weight excluding hydrogens is 304 g/mol. The molecule has 1 fully saturated rings. The maximum Gasteiger partial charge on any atom is 0.333 e. The molecule has 0 bridgehead atoms. The van der Waals surface area contributed by atoms with Crippen LogP contribution in [0.15, 0.2) is 48.1 Å². The number of epoxide rings is 1. The third-order valence-corrected chi connectivity index (χ3v) is 4.31. The van der Waals surface area contributed by atoms with Crippen molar-refractivity contribution in [1.29, 1.82) is 0 Å². The largest absolute Gasteiger partial charge is 0.454 e. The first-order valence-corrected chi connectivity index (χ1v) is 8.26. The minimum atomic E-state index is -1.06. The van der Waals surface area contributed by atoms with Crippen LogP contribution in [0.3, 0.4) is 0 Å². The van der Waals surface area contributed by atoms with E-state index in [1.54, 1.807) is 32.1 Å². The summed E-state index contributed by atoms with van der Waals surface area (Å²) in [4.78, 5) is 12.1. The van der Waals surface area contributed by atoms with Crippen molar-refractivity contribution < 1.29 is 19.4 Å². The summed E-state index contributed by atoms with van der Waals surface area (Å²) in [7, 11) is 0. The monoisotopic (exact) mass is 334 g/mol. The van der Waals surface area contributed by atoms with E-state index in [-0.39, 0.29) is 23.8 Å². The van der Waals surface area contributed by atoms with Gasteiger partial charge in [0.05, 0.1) is 17.3 Å². The zero-order chi connectivity index (χ0) is 18.5. The summed E-state index contributed by atoms with van der Waals surface area (Å²) in [5, 5.41) is 9.90. The second kappa shape index (κ2) is 7.95. The summed E-state index contributed by atoms with van der Waals surface area (Å²) in [5.41, 5.74) is 0.248. The van der Waals surface area contributed by atoms with Gasteiger partial charge in [-0.25, -0.2) is 4.79 Å². The van der Waals surface area contributed by atoms with Crippen LogP contribution in [-0.4, -0.2) is 34.5 Å². The number of hydrogen-bond donors (Lipinski definition) is 1. The highest BCUT2D eigenvalue weighted by molar-refractivity contribution is 5.87. The quantitative estimate of drug-likeness (QED) is 0.241. The highest BCUT2D eigenvalue weighted by Crippen LogP contribution is 2.39. The van der Waals surface area contributed by atoms with Crippen molar-refractivity contribution in [2.45, 2.75) is 71.4 Å². The van der Waals surface area contributed by atoms with Gasteiger partial charge in [-0.3, -0.25) is 0 Å². The van der Waals surface area contributed by atoms with Gasteiger partial charge in [0, 0.05) is 12.0 Å². The van der Waals surface area contributed by atoms with Crippen molar-refractivity contribution in [3.8, 4) is 0 Å². The molecule has 0 aliphatic carbocycles. The van der Waals surface area contributed by atoms with Crippen LogP contribution >= 0.6 is 0 Å². The van der Waals surface area contributed by atoms with Crippen LogP contribution in [0.1, 0.15) is 48.0 Å². The first kappa shape index (κ1) is 20.4. The molecule has 1 heterocycles. The van der Waals surface area contributed by atoms with Gasteiger partial charge in [0.2, 0.25) is 0 Å². The van der Waals surface area contributed by atoms with E-state index in [9.17, 15) is 9.90 Å². The third-order valence-electron chi connectivity index (χ3n) is 4.31. The number of carbonyl (C=O) groups is 1. The Hall–Kier alpha value is -1.65. The molecule has 0 aromatic rings. The van der Waals surface area contributed by atoms with Gasteiger partial charge in [-0.15, -0.1) is 0 Å². The second-order valence-electron chi connectivity index (χ2n) is 7.01. The maximum absolute atomic E-state index is 12.1. The number of rotatable bonds is 8. The second-order valence-corrected chi connectivity index (χ2v) is 7.01. The van der Waals surface area contributed by atoms with Gasteiger partial charge in [0.15, 0.2) is 0 Å². The van der Waals surface area contributed by atoms with E-state index in [0.29, 0.717) is 12.0 Å². The molecular formula is C20H30O4. The van der Waals surface area contributed by atoms with E-state index in [1.165, 1.54) is 6.08 Å². The van der Waals surface area contributed by atoms with Crippen molar-refractivity contribution in [2.75, 3.05) is 0 Å². The van der Waals surface area contributed by atoms with Gasteiger partial charge in [-0.1, -0.05) is 30.9 Å². The Labute approximate surface area is 145 Å². The number of aliphatic hydroxyl groups is 1. The van der Waals surface area contributed by atoms with E-state index < -0.39 is 5.60 Å². The molecule has 0 saturated carbocycles. The van der Waals surface area contributed by atoms with Crippen LogP contribution in [0.2, 0.25) is 0 Å². The van der Waals surface area contributed by atoms with Crippen molar-refractivity contribution >= 4 is 5.97 Å². The Bertz CT molecular complexity index is 564. The van der Waals surface area contributed by atoms with Crippen molar-refractivity contribution in [3.63, 3.8) is 0 Å². The molecule has 1 aliphatic rings. The van der Waals surface area contributed by atoms with Crippen LogP contribution in [0.25, 0.3) is 0 Å². The third kappa shape index (κ3) is 6.10. The lowest BCUT2D eigenvalue weighted by atomic mass is 9.99. The molecule has 0 aromatic carbocycles. The number of carbonyl (C=O) groups excluding carboxylic acids is 1. The molecule has 0 amide bonds. The minimum Gasteiger partial charge on any atom is -0.454 e. The lowest BCUT2D eigenvalue weighted by Crippen LogP contribution is -2.23. The maximum atomic E-state index is 12.1. The summed E-state index contributed by atoms with van der Waals surface area (Å²) in [6, 6.07) is 0. The lowest BCUT2D eigenvalue weighted by Gasteiger charge is -2.19. The molecule has 0 radical (unpaired) electrons. The van der Waals surface area contributed by atoms with Crippen LogP contribution in [0, 0.1) is 0 Å².